The molecule has 0 saturated carbocycles. The lowest BCUT2D eigenvalue weighted by Crippen LogP contribution is -2.54. The number of urea groups is 1. The van der Waals surface area contributed by atoms with Gasteiger partial charge in [-0.1, -0.05) is 17.7 Å². The van der Waals surface area contributed by atoms with E-state index in [2.05, 4.69) is 10.6 Å². The van der Waals surface area contributed by atoms with Gasteiger partial charge < -0.3 is 19.5 Å². The minimum Gasteiger partial charge on any atom is -0.482 e. The topological polar surface area (TPSA) is 123 Å². The van der Waals surface area contributed by atoms with Crippen molar-refractivity contribution in [2.45, 2.75) is 0 Å². The third kappa shape index (κ3) is 5.13. The largest absolute Gasteiger partial charge is 0.482 e. The summed E-state index contributed by atoms with van der Waals surface area (Å²) >= 11 is 6.28. The van der Waals surface area contributed by atoms with Crippen LogP contribution in [0.2, 0.25) is 5.02 Å². The number of halogens is 2. The lowest BCUT2D eigenvalue weighted by Gasteiger charge is -2.26. The normalized spacial score (nSPS) is 15.5. The number of fused-ring (bicyclic) bond motifs is 1. The van der Waals surface area contributed by atoms with Gasteiger partial charge in [-0.15, -0.1) is 0 Å². The Morgan fingerprint density at radius 2 is 1.82 bits per heavy atom. The molecule has 192 valence electrons. The molecular formula is C26H17ClFN3O7. The maximum atomic E-state index is 13.1. The fourth-order valence-corrected chi connectivity index (χ4v) is 3.92. The molecule has 0 aromatic heterocycles. The maximum absolute atomic E-state index is 13.1. The van der Waals surface area contributed by atoms with Gasteiger partial charge in [0.1, 0.15) is 17.1 Å². The minimum absolute atomic E-state index is 0.0158. The van der Waals surface area contributed by atoms with Crippen LogP contribution in [0.4, 0.5) is 20.6 Å². The molecule has 38 heavy (non-hydrogen) atoms. The third-order valence-electron chi connectivity index (χ3n) is 5.47. The van der Waals surface area contributed by atoms with Crippen molar-refractivity contribution in [1.29, 1.82) is 0 Å². The Bertz CT molecular complexity index is 1510. The van der Waals surface area contributed by atoms with Crippen molar-refractivity contribution in [3.8, 4) is 17.2 Å². The quantitative estimate of drug-likeness (QED) is 0.361. The van der Waals surface area contributed by atoms with E-state index in [1.807, 2.05) is 0 Å². The van der Waals surface area contributed by atoms with Crippen LogP contribution in [0.1, 0.15) is 5.56 Å². The van der Waals surface area contributed by atoms with Gasteiger partial charge in [0.05, 0.1) is 10.7 Å². The summed E-state index contributed by atoms with van der Waals surface area (Å²) in [6.07, 6.45) is 1.28. The van der Waals surface area contributed by atoms with Crippen molar-refractivity contribution in [2.75, 3.05) is 23.6 Å². The van der Waals surface area contributed by atoms with Gasteiger partial charge >= 0.3 is 6.03 Å². The second-order valence-electron chi connectivity index (χ2n) is 8.03. The van der Waals surface area contributed by atoms with Crippen LogP contribution in [0, 0.1) is 5.82 Å². The Morgan fingerprint density at radius 1 is 1.05 bits per heavy atom. The highest BCUT2D eigenvalue weighted by Gasteiger charge is 2.37. The SMILES string of the molecule is O=C(COc1ccc(/C=C2\C(=O)NC(=O)N(c3ccc4c(c3)OCO4)C2=O)cc1Cl)Nc1ccc(F)cc1. The van der Waals surface area contributed by atoms with E-state index in [1.54, 1.807) is 6.07 Å². The van der Waals surface area contributed by atoms with E-state index in [0.717, 1.165) is 4.90 Å². The van der Waals surface area contributed by atoms with Gasteiger partial charge in [0.2, 0.25) is 6.79 Å². The molecule has 2 heterocycles. The summed E-state index contributed by atoms with van der Waals surface area (Å²) < 4.78 is 29.0. The van der Waals surface area contributed by atoms with Gasteiger partial charge in [-0.05, 0) is 60.2 Å². The van der Waals surface area contributed by atoms with Crippen LogP contribution >= 0.6 is 11.6 Å². The number of benzene rings is 3. The van der Waals surface area contributed by atoms with Crippen molar-refractivity contribution in [3.63, 3.8) is 0 Å². The Balaban J connectivity index is 1.29. The maximum Gasteiger partial charge on any atom is 0.335 e. The first-order valence-electron chi connectivity index (χ1n) is 11.1. The number of amides is 5. The second-order valence-corrected chi connectivity index (χ2v) is 8.44. The number of nitrogens with zero attached hydrogens (tertiary/aromatic N) is 1. The summed E-state index contributed by atoms with van der Waals surface area (Å²) in [4.78, 5) is 51.0. The van der Waals surface area contributed by atoms with E-state index >= 15 is 0 Å². The summed E-state index contributed by atoms with van der Waals surface area (Å²) in [5.41, 5.74) is 0.662. The van der Waals surface area contributed by atoms with Crippen LogP contribution in [0.3, 0.4) is 0 Å². The van der Waals surface area contributed by atoms with Crippen LogP contribution in [0.15, 0.2) is 66.2 Å². The zero-order valence-corrected chi connectivity index (χ0v) is 20.1. The Labute approximate surface area is 219 Å². The molecule has 12 heteroatoms. The Morgan fingerprint density at radius 3 is 2.58 bits per heavy atom. The molecule has 5 rings (SSSR count). The van der Waals surface area contributed by atoms with Crippen molar-refractivity contribution in [1.82, 2.24) is 5.32 Å². The molecular weight excluding hydrogens is 521 g/mol. The second kappa shape index (κ2) is 10.2. The van der Waals surface area contributed by atoms with Gasteiger partial charge in [-0.2, -0.15) is 0 Å². The number of anilines is 2. The molecule has 0 radical (unpaired) electrons. The number of nitrogens with one attached hydrogen (secondary N) is 2. The number of ether oxygens (including phenoxy) is 3. The van der Waals surface area contributed by atoms with Crippen molar-refractivity contribution in [2.24, 2.45) is 0 Å². The van der Waals surface area contributed by atoms with E-state index in [1.165, 1.54) is 60.7 Å². The summed E-state index contributed by atoms with van der Waals surface area (Å²) in [7, 11) is 0. The van der Waals surface area contributed by atoms with Gasteiger partial charge in [0, 0.05) is 11.8 Å². The predicted octanol–water partition coefficient (Wildman–Crippen LogP) is 3.89. The molecule has 3 aromatic carbocycles. The Kier molecular flexibility index (Phi) is 6.67. The number of hydrogen-bond donors (Lipinski definition) is 2. The Hall–Kier alpha value is -4.90. The molecule has 2 aliphatic rings. The third-order valence-corrected chi connectivity index (χ3v) is 5.77. The highest BCUT2D eigenvalue weighted by Crippen LogP contribution is 2.36. The fourth-order valence-electron chi connectivity index (χ4n) is 3.68. The molecule has 0 atom stereocenters. The standard InChI is InChI=1S/C26H17ClFN3O7/c27-19-10-14(1-7-20(19)36-12-23(32)29-16-4-2-15(28)3-5-16)9-18-24(33)30-26(35)31(25(18)34)17-6-8-21-22(11-17)38-13-37-21/h1-11H,12-13H2,(H,29,32)(H,30,33,35)/b18-9+. The molecule has 2 aliphatic heterocycles. The summed E-state index contributed by atoms with van der Waals surface area (Å²) in [5, 5.41) is 4.81. The molecule has 0 spiro atoms. The van der Waals surface area contributed by atoms with E-state index in [-0.39, 0.29) is 35.4 Å². The number of carbonyl (C=O) groups is 4. The lowest BCUT2D eigenvalue weighted by atomic mass is 10.1. The van der Waals surface area contributed by atoms with E-state index < -0.39 is 29.6 Å². The molecule has 2 N–H and O–H groups in total. The zero-order chi connectivity index (χ0) is 26.8. The monoisotopic (exact) mass is 537 g/mol. The van der Waals surface area contributed by atoms with E-state index in [9.17, 15) is 23.6 Å². The van der Waals surface area contributed by atoms with Crippen molar-refractivity contribution < 1.29 is 37.8 Å². The smallest absolute Gasteiger partial charge is 0.335 e. The molecule has 0 bridgehead atoms. The first-order chi connectivity index (χ1) is 18.3. The van der Waals surface area contributed by atoms with E-state index in [4.69, 9.17) is 25.8 Å². The highest BCUT2D eigenvalue weighted by atomic mass is 35.5. The van der Waals surface area contributed by atoms with Gasteiger partial charge in [-0.3, -0.25) is 19.7 Å². The van der Waals surface area contributed by atoms with Crippen LogP contribution in [-0.2, 0) is 14.4 Å². The zero-order valence-electron chi connectivity index (χ0n) is 19.3. The van der Waals surface area contributed by atoms with Gasteiger partial charge in [-0.25, -0.2) is 14.1 Å². The number of rotatable bonds is 6. The molecule has 3 aromatic rings. The fraction of sp³-hybridized carbons (Fsp3) is 0.0769. The number of imide groups is 2. The molecule has 5 amide bonds. The first kappa shape index (κ1) is 24.8. The molecule has 10 nitrogen and oxygen atoms in total. The first-order valence-corrected chi connectivity index (χ1v) is 11.4. The van der Waals surface area contributed by atoms with E-state index in [0.29, 0.717) is 22.7 Å². The van der Waals surface area contributed by atoms with Gasteiger partial charge in [0.25, 0.3) is 17.7 Å². The average molecular weight is 538 g/mol. The number of carbonyl (C=O) groups excluding carboxylic acids is 4. The summed E-state index contributed by atoms with van der Waals surface area (Å²) in [6.45, 7) is -0.354. The molecule has 0 aliphatic carbocycles. The lowest BCUT2D eigenvalue weighted by molar-refractivity contribution is -0.122. The summed E-state index contributed by atoms with van der Waals surface area (Å²) in [5.74, 6) is -1.62. The number of hydrogen-bond acceptors (Lipinski definition) is 7. The van der Waals surface area contributed by atoms with Crippen LogP contribution < -0.4 is 29.7 Å². The average Bonchev–Trinajstić information content (AvgIpc) is 3.35. The van der Waals surface area contributed by atoms with Crippen LogP contribution in [0.5, 0.6) is 17.2 Å². The molecule has 0 unspecified atom stereocenters. The van der Waals surface area contributed by atoms with Crippen LogP contribution in [-0.4, -0.2) is 37.2 Å². The highest BCUT2D eigenvalue weighted by molar-refractivity contribution is 6.39. The predicted molar refractivity (Wildman–Crippen MR) is 134 cm³/mol. The summed E-state index contributed by atoms with van der Waals surface area (Å²) in [6, 6.07) is 13.3. The van der Waals surface area contributed by atoms with Crippen LogP contribution in [0.25, 0.3) is 6.08 Å². The molecule has 1 saturated heterocycles. The van der Waals surface area contributed by atoms with Crippen molar-refractivity contribution >= 4 is 52.8 Å². The van der Waals surface area contributed by atoms with Crippen molar-refractivity contribution in [3.05, 3.63) is 82.6 Å². The van der Waals surface area contributed by atoms with Gasteiger partial charge in [0.15, 0.2) is 18.1 Å². The number of barbiturate groups is 1. The minimum atomic E-state index is -0.906. The molecule has 1 fully saturated rings.